The summed E-state index contributed by atoms with van der Waals surface area (Å²) in [6.45, 7) is 2.05. The summed E-state index contributed by atoms with van der Waals surface area (Å²) in [6, 6.07) is 24.2. The molecular formula is C24H26FNO3S. The molecule has 0 aromatic heterocycles. The highest BCUT2D eigenvalue weighted by Gasteiger charge is 2.31. The molecule has 0 amide bonds. The quantitative estimate of drug-likeness (QED) is 0.530. The highest BCUT2D eigenvalue weighted by atomic mass is 32.2. The van der Waals surface area contributed by atoms with Gasteiger partial charge in [-0.05, 0) is 42.0 Å². The summed E-state index contributed by atoms with van der Waals surface area (Å²) < 4.78 is 41.1. The van der Waals surface area contributed by atoms with E-state index in [4.69, 9.17) is 0 Å². The first-order valence-electron chi connectivity index (χ1n) is 9.90. The van der Waals surface area contributed by atoms with Gasteiger partial charge >= 0.3 is 0 Å². The number of hydrogen-bond acceptors (Lipinski definition) is 3. The van der Waals surface area contributed by atoms with E-state index in [1.807, 2.05) is 67.6 Å². The third-order valence-corrected chi connectivity index (χ3v) is 6.71. The van der Waals surface area contributed by atoms with E-state index in [0.29, 0.717) is 12.8 Å². The first-order valence-corrected chi connectivity index (χ1v) is 11.4. The normalized spacial score (nSPS) is 13.2. The largest absolute Gasteiger partial charge is 0.380 e. The Morgan fingerprint density at radius 3 is 1.93 bits per heavy atom. The molecule has 1 atom stereocenters. The molecule has 0 aliphatic carbocycles. The number of nitrogens with one attached hydrogen (secondary N) is 1. The Morgan fingerprint density at radius 1 is 0.900 bits per heavy atom. The van der Waals surface area contributed by atoms with E-state index in [9.17, 15) is 17.9 Å². The molecule has 0 heterocycles. The standard InChI is InChI=1S/C24H26FNO3S/c1-19(18-26-30(28,29)23-15-9-8-14-22(23)25)16-17-24(27,20-10-4-2-5-11-20)21-12-6-3-7-13-21/h2-15,19,26-27H,16-18H2,1H3/t19-/m0/s1. The van der Waals surface area contributed by atoms with Crippen molar-refractivity contribution in [2.75, 3.05) is 6.54 Å². The van der Waals surface area contributed by atoms with Crippen molar-refractivity contribution >= 4 is 10.0 Å². The van der Waals surface area contributed by atoms with Gasteiger partial charge in [0.05, 0.1) is 0 Å². The molecule has 0 spiro atoms. The van der Waals surface area contributed by atoms with Crippen molar-refractivity contribution < 1.29 is 17.9 Å². The summed E-state index contributed by atoms with van der Waals surface area (Å²) in [5.74, 6) is -0.842. The lowest BCUT2D eigenvalue weighted by Gasteiger charge is -2.30. The fourth-order valence-corrected chi connectivity index (χ4v) is 4.67. The third-order valence-electron chi connectivity index (χ3n) is 5.25. The minimum absolute atomic E-state index is 0.0644. The van der Waals surface area contributed by atoms with Gasteiger partial charge in [-0.2, -0.15) is 0 Å². The lowest BCUT2D eigenvalue weighted by molar-refractivity contribution is 0.0643. The Morgan fingerprint density at radius 2 is 1.40 bits per heavy atom. The summed E-state index contributed by atoms with van der Waals surface area (Å²) in [5.41, 5.74) is 0.395. The number of halogens is 1. The van der Waals surface area contributed by atoms with Crippen LogP contribution in [0, 0.1) is 11.7 Å². The van der Waals surface area contributed by atoms with Crippen LogP contribution in [-0.2, 0) is 15.6 Å². The molecule has 4 nitrogen and oxygen atoms in total. The second-order valence-corrected chi connectivity index (χ2v) is 9.25. The zero-order valence-electron chi connectivity index (χ0n) is 16.8. The molecule has 0 saturated carbocycles. The van der Waals surface area contributed by atoms with E-state index in [1.54, 1.807) is 0 Å². The molecule has 3 rings (SSSR count). The van der Waals surface area contributed by atoms with Crippen molar-refractivity contribution in [2.45, 2.75) is 30.3 Å². The highest BCUT2D eigenvalue weighted by Crippen LogP contribution is 2.35. The van der Waals surface area contributed by atoms with Crippen LogP contribution in [0.4, 0.5) is 4.39 Å². The molecule has 0 radical (unpaired) electrons. The van der Waals surface area contributed by atoms with Gasteiger partial charge in [0.25, 0.3) is 0 Å². The SMILES string of the molecule is C[C@@H](CCC(O)(c1ccccc1)c1ccccc1)CNS(=O)(=O)c1ccccc1F. The average Bonchev–Trinajstić information content (AvgIpc) is 2.77. The topological polar surface area (TPSA) is 66.4 Å². The van der Waals surface area contributed by atoms with E-state index < -0.39 is 21.4 Å². The van der Waals surface area contributed by atoms with Crippen LogP contribution in [0.25, 0.3) is 0 Å². The monoisotopic (exact) mass is 427 g/mol. The highest BCUT2D eigenvalue weighted by molar-refractivity contribution is 7.89. The van der Waals surface area contributed by atoms with Crippen molar-refractivity contribution in [1.29, 1.82) is 0 Å². The summed E-state index contributed by atoms with van der Waals surface area (Å²) in [5, 5.41) is 11.6. The van der Waals surface area contributed by atoms with Crippen LogP contribution in [0.15, 0.2) is 89.8 Å². The van der Waals surface area contributed by atoms with Gasteiger partial charge in [0.15, 0.2) is 0 Å². The van der Waals surface area contributed by atoms with E-state index in [-0.39, 0.29) is 17.4 Å². The molecule has 3 aromatic rings. The van der Waals surface area contributed by atoms with Crippen LogP contribution in [0.1, 0.15) is 30.9 Å². The van der Waals surface area contributed by atoms with Crippen molar-refractivity contribution in [3.05, 3.63) is 102 Å². The first-order chi connectivity index (χ1) is 14.3. The first kappa shape index (κ1) is 22.2. The molecule has 3 aromatic carbocycles. The fourth-order valence-electron chi connectivity index (χ4n) is 3.43. The number of hydrogen-bond donors (Lipinski definition) is 2. The maximum atomic E-state index is 13.8. The number of sulfonamides is 1. The van der Waals surface area contributed by atoms with Crippen LogP contribution in [0.5, 0.6) is 0 Å². The number of aliphatic hydroxyl groups is 1. The van der Waals surface area contributed by atoms with E-state index in [0.717, 1.165) is 17.2 Å². The predicted molar refractivity (Wildman–Crippen MR) is 116 cm³/mol. The molecule has 158 valence electrons. The van der Waals surface area contributed by atoms with Crippen molar-refractivity contribution in [3.8, 4) is 0 Å². The molecule has 0 fully saturated rings. The molecule has 2 N–H and O–H groups in total. The van der Waals surface area contributed by atoms with E-state index in [1.165, 1.54) is 18.2 Å². The van der Waals surface area contributed by atoms with Crippen LogP contribution in [-0.4, -0.2) is 20.1 Å². The lowest BCUT2D eigenvalue weighted by Crippen LogP contribution is -2.31. The molecule has 30 heavy (non-hydrogen) atoms. The van der Waals surface area contributed by atoms with Crippen LogP contribution >= 0.6 is 0 Å². The van der Waals surface area contributed by atoms with Gasteiger partial charge in [0.2, 0.25) is 10.0 Å². The van der Waals surface area contributed by atoms with Gasteiger partial charge in [0, 0.05) is 6.54 Å². The molecule has 0 bridgehead atoms. The Bertz CT molecular complexity index is 1020. The Labute approximate surface area is 177 Å². The van der Waals surface area contributed by atoms with Gasteiger partial charge in [-0.1, -0.05) is 79.7 Å². The second kappa shape index (κ2) is 9.51. The third kappa shape index (κ3) is 5.14. The average molecular weight is 428 g/mol. The van der Waals surface area contributed by atoms with Crippen molar-refractivity contribution in [1.82, 2.24) is 4.72 Å². The maximum absolute atomic E-state index is 13.8. The van der Waals surface area contributed by atoms with Gasteiger partial charge < -0.3 is 5.11 Å². The summed E-state index contributed by atoms with van der Waals surface area (Å²) in [4.78, 5) is -0.359. The molecule has 6 heteroatoms. The minimum atomic E-state index is -3.93. The van der Waals surface area contributed by atoms with Crippen molar-refractivity contribution in [3.63, 3.8) is 0 Å². The van der Waals surface area contributed by atoms with Gasteiger partial charge in [-0.15, -0.1) is 0 Å². The van der Waals surface area contributed by atoms with Gasteiger partial charge in [-0.3, -0.25) is 0 Å². The lowest BCUT2D eigenvalue weighted by atomic mass is 9.81. The molecular weight excluding hydrogens is 401 g/mol. The number of benzene rings is 3. The maximum Gasteiger partial charge on any atom is 0.243 e. The van der Waals surface area contributed by atoms with Crippen LogP contribution in [0.2, 0.25) is 0 Å². The molecule has 0 aliphatic rings. The summed E-state index contributed by atoms with van der Waals surface area (Å²) in [7, 11) is -3.93. The Kier molecular flexibility index (Phi) is 7.02. The Balaban J connectivity index is 1.70. The summed E-state index contributed by atoms with van der Waals surface area (Å²) >= 11 is 0. The van der Waals surface area contributed by atoms with Gasteiger partial charge in [0.1, 0.15) is 16.3 Å². The zero-order chi connectivity index (χ0) is 21.6. The van der Waals surface area contributed by atoms with E-state index in [2.05, 4.69) is 4.72 Å². The second-order valence-electron chi connectivity index (χ2n) is 7.52. The van der Waals surface area contributed by atoms with Crippen LogP contribution < -0.4 is 4.72 Å². The Hall–Kier alpha value is -2.54. The fraction of sp³-hybridized carbons (Fsp3) is 0.250. The van der Waals surface area contributed by atoms with E-state index >= 15 is 0 Å². The van der Waals surface area contributed by atoms with Gasteiger partial charge in [-0.25, -0.2) is 17.5 Å². The smallest absolute Gasteiger partial charge is 0.243 e. The minimum Gasteiger partial charge on any atom is -0.380 e. The number of rotatable bonds is 9. The molecule has 0 unspecified atom stereocenters. The van der Waals surface area contributed by atoms with Crippen LogP contribution in [0.3, 0.4) is 0 Å². The predicted octanol–water partition coefficient (Wildman–Crippen LogP) is 4.46. The van der Waals surface area contributed by atoms with Crippen molar-refractivity contribution in [2.24, 2.45) is 5.92 Å². The molecule has 0 aliphatic heterocycles. The zero-order valence-corrected chi connectivity index (χ0v) is 17.6. The summed E-state index contributed by atoms with van der Waals surface area (Å²) in [6.07, 6.45) is 0.990. The molecule has 0 saturated heterocycles.